The van der Waals surface area contributed by atoms with Gasteiger partial charge in [0.05, 0.1) is 10.0 Å². The summed E-state index contributed by atoms with van der Waals surface area (Å²) in [6.45, 7) is 5.77. The molecule has 0 amide bonds. The van der Waals surface area contributed by atoms with Crippen LogP contribution in [0.25, 0.3) is 0 Å². The molecule has 1 fully saturated rings. The summed E-state index contributed by atoms with van der Waals surface area (Å²) >= 11 is 12.2. The molecule has 0 heterocycles. The lowest BCUT2D eigenvalue weighted by Gasteiger charge is -2.41. The Bertz CT molecular complexity index is 453. The summed E-state index contributed by atoms with van der Waals surface area (Å²) in [7, 11) is 0. The van der Waals surface area contributed by atoms with E-state index >= 15 is 0 Å². The molecule has 1 aromatic rings. The molecule has 1 nitrogen and oxygen atoms in total. The van der Waals surface area contributed by atoms with Gasteiger partial charge in [0.1, 0.15) is 0 Å². The molecule has 1 aliphatic carbocycles. The van der Waals surface area contributed by atoms with Crippen LogP contribution in [-0.2, 0) is 6.42 Å². The van der Waals surface area contributed by atoms with Crippen molar-refractivity contribution in [2.24, 2.45) is 5.41 Å². The highest BCUT2D eigenvalue weighted by Crippen LogP contribution is 2.40. The van der Waals surface area contributed by atoms with E-state index in [4.69, 9.17) is 23.2 Å². The third-order valence-electron chi connectivity index (χ3n) is 4.90. The topological polar surface area (TPSA) is 12.0 Å². The minimum absolute atomic E-state index is 0.402. The number of benzene rings is 1. The summed E-state index contributed by atoms with van der Waals surface area (Å²) in [5.41, 5.74) is 1.68. The summed E-state index contributed by atoms with van der Waals surface area (Å²) in [5.74, 6) is 0. The first-order valence-electron chi connectivity index (χ1n) is 8.22. The van der Waals surface area contributed by atoms with E-state index in [0.717, 1.165) is 13.0 Å². The van der Waals surface area contributed by atoms with Crippen LogP contribution in [0.2, 0.25) is 10.0 Å². The molecule has 0 radical (unpaired) electrons. The maximum atomic E-state index is 6.17. The van der Waals surface area contributed by atoms with Gasteiger partial charge in [-0.05, 0) is 55.3 Å². The Kier molecular flexibility index (Phi) is 6.40. The summed E-state index contributed by atoms with van der Waals surface area (Å²) in [5, 5.41) is 5.09. The number of nitrogens with one attached hydrogen (secondary N) is 1. The molecule has 0 aromatic heterocycles. The van der Waals surface area contributed by atoms with E-state index in [1.807, 2.05) is 12.1 Å². The molecule has 2 rings (SSSR count). The average Bonchev–Trinajstić information content (AvgIpc) is 2.47. The van der Waals surface area contributed by atoms with Crippen LogP contribution in [0.3, 0.4) is 0 Å². The van der Waals surface area contributed by atoms with Gasteiger partial charge >= 0.3 is 0 Å². The van der Waals surface area contributed by atoms with Gasteiger partial charge in [0.15, 0.2) is 0 Å². The van der Waals surface area contributed by atoms with E-state index in [1.165, 1.54) is 44.1 Å². The molecule has 1 atom stereocenters. The number of halogens is 2. The van der Waals surface area contributed by atoms with Crippen molar-refractivity contribution in [3.8, 4) is 0 Å². The summed E-state index contributed by atoms with van der Waals surface area (Å²) in [4.78, 5) is 0. The third kappa shape index (κ3) is 4.61. The van der Waals surface area contributed by atoms with Crippen molar-refractivity contribution >= 4 is 23.2 Å². The van der Waals surface area contributed by atoms with E-state index < -0.39 is 0 Å². The second-order valence-corrected chi connectivity index (χ2v) is 7.49. The number of hydrogen-bond acceptors (Lipinski definition) is 1. The van der Waals surface area contributed by atoms with Crippen LogP contribution in [0.15, 0.2) is 18.2 Å². The second kappa shape index (κ2) is 7.85. The summed E-state index contributed by atoms with van der Waals surface area (Å²) < 4.78 is 0. The smallest absolute Gasteiger partial charge is 0.0595 e. The lowest BCUT2D eigenvalue weighted by atomic mass is 9.69. The fourth-order valence-corrected chi connectivity index (χ4v) is 3.81. The predicted octanol–water partition coefficient (Wildman–Crippen LogP) is 5.87. The first-order valence-corrected chi connectivity index (χ1v) is 8.98. The molecule has 0 aliphatic heterocycles. The molecule has 0 spiro atoms. The minimum Gasteiger partial charge on any atom is -0.313 e. The summed E-state index contributed by atoms with van der Waals surface area (Å²) in [6.07, 6.45) is 8.99. The minimum atomic E-state index is 0.402. The maximum Gasteiger partial charge on any atom is 0.0595 e. The highest BCUT2D eigenvalue weighted by atomic mass is 35.5. The third-order valence-corrected chi connectivity index (χ3v) is 5.64. The van der Waals surface area contributed by atoms with Gasteiger partial charge in [-0.2, -0.15) is 0 Å². The first kappa shape index (κ1) is 17.1. The van der Waals surface area contributed by atoms with Crippen molar-refractivity contribution < 1.29 is 0 Å². The van der Waals surface area contributed by atoms with Gasteiger partial charge in [-0.15, -0.1) is 0 Å². The van der Waals surface area contributed by atoms with E-state index in [0.29, 0.717) is 21.5 Å². The Morgan fingerprint density at radius 1 is 1.14 bits per heavy atom. The predicted molar refractivity (Wildman–Crippen MR) is 93.4 cm³/mol. The van der Waals surface area contributed by atoms with Gasteiger partial charge in [-0.25, -0.2) is 0 Å². The van der Waals surface area contributed by atoms with Crippen molar-refractivity contribution in [2.45, 2.75) is 64.8 Å². The lowest BCUT2D eigenvalue weighted by molar-refractivity contribution is 0.143. The second-order valence-electron chi connectivity index (χ2n) is 6.67. The largest absolute Gasteiger partial charge is 0.313 e. The van der Waals surface area contributed by atoms with Crippen LogP contribution in [0.1, 0.15) is 57.9 Å². The van der Waals surface area contributed by atoms with Crippen molar-refractivity contribution in [3.63, 3.8) is 0 Å². The number of rotatable bonds is 6. The van der Waals surface area contributed by atoms with Crippen molar-refractivity contribution in [2.75, 3.05) is 6.54 Å². The van der Waals surface area contributed by atoms with Gasteiger partial charge in [0.2, 0.25) is 0 Å². The molecule has 1 aliphatic rings. The van der Waals surface area contributed by atoms with Gasteiger partial charge in [0, 0.05) is 6.04 Å². The van der Waals surface area contributed by atoms with Crippen molar-refractivity contribution in [1.82, 2.24) is 5.32 Å². The molecule has 0 saturated heterocycles. The molecule has 1 unspecified atom stereocenters. The van der Waals surface area contributed by atoms with Crippen molar-refractivity contribution in [1.29, 1.82) is 0 Å². The molecule has 3 heteroatoms. The first-order chi connectivity index (χ1) is 10.0. The molecule has 1 aromatic carbocycles. The quantitative estimate of drug-likeness (QED) is 0.688. The van der Waals surface area contributed by atoms with Crippen molar-refractivity contribution in [3.05, 3.63) is 33.8 Å². The maximum absolute atomic E-state index is 6.17. The molecule has 21 heavy (non-hydrogen) atoms. The van der Waals surface area contributed by atoms with Gasteiger partial charge < -0.3 is 5.32 Å². The van der Waals surface area contributed by atoms with Crippen LogP contribution < -0.4 is 5.32 Å². The zero-order valence-electron chi connectivity index (χ0n) is 13.2. The number of hydrogen-bond donors (Lipinski definition) is 1. The Labute approximate surface area is 139 Å². The fraction of sp³-hybridized carbons (Fsp3) is 0.667. The van der Waals surface area contributed by atoms with Crippen LogP contribution >= 0.6 is 23.2 Å². The molecule has 1 N–H and O–H groups in total. The van der Waals surface area contributed by atoms with Crippen LogP contribution in [0.5, 0.6) is 0 Å². The molecule has 1 saturated carbocycles. The highest BCUT2D eigenvalue weighted by molar-refractivity contribution is 6.42. The lowest BCUT2D eigenvalue weighted by Crippen LogP contribution is -2.46. The zero-order valence-corrected chi connectivity index (χ0v) is 14.7. The standard InChI is InChI=1S/C18H27Cl2N/c1-3-11-21-17(18(2)9-5-4-6-10-18)13-14-7-8-15(19)16(20)12-14/h7-8,12,17,21H,3-6,9-11,13H2,1-2H3. The Morgan fingerprint density at radius 3 is 2.48 bits per heavy atom. The van der Waals surface area contributed by atoms with Crippen LogP contribution in [0.4, 0.5) is 0 Å². The molecular weight excluding hydrogens is 301 g/mol. The zero-order chi connectivity index (χ0) is 15.3. The van der Waals surface area contributed by atoms with Gasteiger partial charge in [-0.1, -0.05) is 62.4 Å². The Morgan fingerprint density at radius 2 is 1.86 bits per heavy atom. The Hall–Kier alpha value is -0.240. The van der Waals surface area contributed by atoms with E-state index in [9.17, 15) is 0 Å². The normalized spacial score (nSPS) is 19.4. The highest BCUT2D eigenvalue weighted by Gasteiger charge is 2.35. The van der Waals surface area contributed by atoms with Crippen LogP contribution in [0, 0.1) is 5.41 Å². The van der Waals surface area contributed by atoms with E-state index in [2.05, 4.69) is 25.2 Å². The SMILES string of the molecule is CCCNC(Cc1ccc(Cl)c(Cl)c1)C1(C)CCCCC1. The Balaban J connectivity index is 2.13. The fourth-order valence-electron chi connectivity index (χ4n) is 3.49. The average molecular weight is 328 g/mol. The van der Waals surface area contributed by atoms with Gasteiger partial charge in [-0.3, -0.25) is 0 Å². The molecule has 0 bridgehead atoms. The van der Waals surface area contributed by atoms with E-state index in [-0.39, 0.29) is 0 Å². The molecular formula is C18H27Cl2N. The van der Waals surface area contributed by atoms with E-state index in [1.54, 1.807) is 0 Å². The summed E-state index contributed by atoms with van der Waals surface area (Å²) in [6, 6.07) is 6.58. The molecule has 118 valence electrons. The van der Waals surface area contributed by atoms with Gasteiger partial charge in [0.25, 0.3) is 0 Å². The van der Waals surface area contributed by atoms with Crippen LogP contribution in [-0.4, -0.2) is 12.6 Å². The monoisotopic (exact) mass is 327 g/mol.